The lowest BCUT2D eigenvalue weighted by Gasteiger charge is -2.33. The Morgan fingerprint density at radius 3 is 2.08 bits per heavy atom. The van der Waals surface area contributed by atoms with Gasteiger partial charge in [0, 0.05) is 25.9 Å². The third-order valence-electron chi connectivity index (χ3n) is 5.48. The maximum Gasteiger partial charge on any atom is 0.410 e. The second kappa shape index (κ2) is 12.6. The molecule has 0 spiro atoms. The van der Waals surface area contributed by atoms with Crippen LogP contribution in [0.1, 0.15) is 53.0 Å². The highest BCUT2D eigenvalue weighted by molar-refractivity contribution is 7.62. The van der Waals surface area contributed by atoms with E-state index in [4.69, 9.17) is 23.3 Å². The number of hydrogen-bond acceptors (Lipinski definition) is 7. The van der Waals surface area contributed by atoms with Gasteiger partial charge in [0.05, 0.1) is 18.5 Å². The summed E-state index contributed by atoms with van der Waals surface area (Å²) in [4.78, 5) is 14.0. The highest BCUT2D eigenvalue weighted by Gasteiger charge is 2.28. The van der Waals surface area contributed by atoms with E-state index in [0.29, 0.717) is 49.7 Å². The lowest BCUT2D eigenvalue weighted by Crippen LogP contribution is -2.44. The fourth-order valence-corrected chi connectivity index (χ4v) is 5.36. The first-order valence-electron chi connectivity index (χ1n) is 12.5. The van der Waals surface area contributed by atoms with Crippen LogP contribution in [-0.2, 0) is 25.0 Å². The number of benzene rings is 2. The molecule has 1 aliphatic heterocycles. The number of carbonyl (C=O) groups excluding carboxylic acids is 1. The standard InChI is InChI=1S/C27H38NO7P/c1-6-32-36(30,33-7-2)23-14-12-21(13-15-23)20-31-24-10-8-9-11-25(24)34-22-16-18-28(19-17-22)26(29)35-27(3,4)5/h8-15,22H,6-7,16-20H2,1-5H3. The van der Waals surface area contributed by atoms with E-state index in [2.05, 4.69) is 0 Å². The predicted molar refractivity (Wildman–Crippen MR) is 139 cm³/mol. The zero-order valence-corrected chi connectivity index (χ0v) is 22.8. The number of para-hydroxylation sites is 2. The summed E-state index contributed by atoms with van der Waals surface area (Å²) in [5.74, 6) is 1.31. The molecule has 1 fully saturated rings. The van der Waals surface area contributed by atoms with Gasteiger partial charge in [0.25, 0.3) is 0 Å². The molecule has 0 radical (unpaired) electrons. The Labute approximate surface area is 214 Å². The molecule has 2 aromatic rings. The summed E-state index contributed by atoms with van der Waals surface area (Å²) < 4.78 is 41.5. The van der Waals surface area contributed by atoms with Crippen molar-refractivity contribution in [3.63, 3.8) is 0 Å². The Hall–Kier alpha value is -2.54. The van der Waals surface area contributed by atoms with Crippen molar-refractivity contribution in [2.45, 2.75) is 65.8 Å². The third kappa shape index (κ3) is 7.99. The summed E-state index contributed by atoms with van der Waals surface area (Å²) in [6.45, 7) is 11.3. The van der Waals surface area contributed by atoms with Crippen molar-refractivity contribution in [1.82, 2.24) is 4.90 Å². The van der Waals surface area contributed by atoms with Crippen molar-refractivity contribution in [3.05, 3.63) is 54.1 Å². The van der Waals surface area contributed by atoms with Gasteiger partial charge < -0.3 is 28.2 Å². The molecule has 1 aliphatic rings. The summed E-state index contributed by atoms with van der Waals surface area (Å²) in [5.41, 5.74) is 0.409. The van der Waals surface area contributed by atoms with Crippen molar-refractivity contribution in [2.75, 3.05) is 26.3 Å². The number of nitrogens with zero attached hydrogens (tertiary/aromatic N) is 1. The number of amides is 1. The van der Waals surface area contributed by atoms with Crippen LogP contribution in [0.2, 0.25) is 0 Å². The molecule has 8 nitrogen and oxygen atoms in total. The van der Waals surface area contributed by atoms with Crippen molar-refractivity contribution < 1.29 is 32.6 Å². The number of likely N-dealkylation sites (tertiary alicyclic amines) is 1. The van der Waals surface area contributed by atoms with Gasteiger partial charge >= 0.3 is 13.7 Å². The average molecular weight is 520 g/mol. The third-order valence-corrected chi connectivity index (χ3v) is 7.61. The molecular weight excluding hydrogens is 481 g/mol. The molecule has 36 heavy (non-hydrogen) atoms. The van der Waals surface area contributed by atoms with Gasteiger partial charge in [0.1, 0.15) is 18.3 Å². The fourth-order valence-electron chi connectivity index (χ4n) is 3.79. The highest BCUT2D eigenvalue weighted by Crippen LogP contribution is 2.46. The number of hydrogen-bond donors (Lipinski definition) is 0. The van der Waals surface area contributed by atoms with Crippen LogP contribution < -0.4 is 14.8 Å². The Kier molecular flexibility index (Phi) is 9.83. The van der Waals surface area contributed by atoms with Gasteiger partial charge in [-0.2, -0.15) is 0 Å². The van der Waals surface area contributed by atoms with Crippen LogP contribution in [0, 0.1) is 0 Å². The lowest BCUT2D eigenvalue weighted by atomic mass is 10.1. The zero-order chi connectivity index (χ0) is 26.2. The summed E-state index contributed by atoms with van der Waals surface area (Å²) >= 11 is 0. The molecule has 0 saturated carbocycles. The molecule has 1 heterocycles. The minimum Gasteiger partial charge on any atom is -0.486 e. The topological polar surface area (TPSA) is 83.5 Å². The van der Waals surface area contributed by atoms with Gasteiger partial charge in [-0.3, -0.25) is 4.57 Å². The molecule has 0 aromatic heterocycles. The predicted octanol–water partition coefficient (Wildman–Crippen LogP) is 5.94. The molecule has 0 unspecified atom stereocenters. The molecule has 1 amide bonds. The summed E-state index contributed by atoms with van der Waals surface area (Å²) in [5, 5.41) is 0.524. The number of carbonyl (C=O) groups is 1. The fraction of sp³-hybridized carbons (Fsp3) is 0.519. The van der Waals surface area contributed by atoms with E-state index in [1.54, 1.807) is 30.9 Å². The molecule has 0 aliphatic carbocycles. The molecule has 9 heteroatoms. The second-order valence-electron chi connectivity index (χ2n) is 9.52. The Morgan fingerprint density at radius 2 is 1.53 bits per heavy atom. The van der Waals surface area contributed by atoms with Gasteiger partial charge in [-0.25, -0.2) is 4.79 Å². The van der Waals surface area contributed by atoms with Crippen molar-refractivity contribution >= 4 is 19.0 Å². The molecule has 2 aromatic carbocycles. The number of piperidine rings is 1. The maximum atomic E-state index is 12.9. The normalized spacial score (nSPS) is 15.0. The van der Waals surface area contributed by atoms with Gasteiger partial charge in [-0.05, 0) is 64.4 Å². The monoisotopic (exact) mass is 519 g/mol. The van der Waals surface area contributed by atoms with E-state index in [1.165, 1.54) is 0 Å². The minimum atomic E-state index is -3.31. The van der Waals surface area contributed by atoms with Gasteiger partial charge in [-0.1, -0.05) is 24.3 Å². The second-order valence-corrected chi connectivity index (χ2v) is 11.5. The molecule has 0 N–H and O–H groups in total. The lowest BCUT2D eigenvalue weighted by molar-refractivity contribution is 0.0123. The summed E-state index contributed by atoms with van der Waals surface area (Å²) in [7, 11) is -3.31. The van der Waals surface area contributed by atoms with Crippen molar-refractivity contribution in [2.24, 2.45) is 0 Å². The van der Waals surface area contributed by atoms with Crippen LogP contribution >= 0.6 is 7.60 Å². The maximum absolute atomic E-state index is 12.9. The Balaban J connectivity index is 1.56. The zero-order valence-electron chi connectivity index (χ0n) is 21.9. The van der Waals surface area contributed by atoms with Gasteiger partial charge in [0.2, 0.25) is 0 Å². The minimum absolute atomic E-state index is 0.0148. The van der Waals surface area contributed by atoms with Crippen LogP contribution in [0.15, 0.2) is 48.5 Å². The van der Waals surface area contributed by atoms with E-state index in [0.717, 1.165) is 18.4 Å². The van der Waals surface area contributed by atoms with Crippen molar-refractivity contribution in [1.29, 1.82) is 0 Å². The molecule has 0 bridgehead atoms. The van der Waals surface area contributed by atoms with Crippen LogP contribution in [0.3, 0.4) is 0 Å². The first kappa shape index (κ1) is 28.0. The average Bonchev–Trinajstić information content (AvgIpc) is 2.83. The molecule has 1 saturated heterocycles. The first-order chi connectivity index (χ1) is 17.1. The van der Waals surface area contributed by atoms with E-state index in [9.17, 15) is 9.36 Å². The number of ether oxygens (including phenoxy) is 3. The molecule has 198 valence electrons. The van der Waals surface area contributed by atoms with Crippen molar-refractivity contribution in [3.8, 4) is 11.5 Å². The Morgan fingerprint density at radius 1 is 0.944 bits per heavy atom. The molecule has 0 atom stereocenters. The van der Waals surface area contributed by atoms with Crippen LogP contribution in [0.4, 0.5) is 4.79 Å². The van der Waals surface area contributed by atoms with Crippen LogP contribution in [0.5, 0.6) is 11.5 Å². The van der Waals surface area contributed by atoms with Crippen LogP contribution in [-0.4, -0.2) is 49.0 Å². The van der Waals surface area contributed by atoms with E-state index in [1.807, 2.05) is 57.2 Å². The van der Waals surface area contributed by atoms with Gasteiger partial charge in [0.15, 0.2) is 11.5 Å². The molecule has 3 rings (SSSR count). The Bertz CT molecular complexity index is 1020. The quantitative estimate of drug-likeness (QED) is 0.360. The van der Waals surface area contributed by atoms with Gasteiger partial charge in [-0.15, -0.1) is 0 Å². The summed E-state index contributed by atoms with van der Waals surface area (Å²) in [6, 6.07) is 14.8. The molecular formula is C27H38NO7P. The van der Waals surface area contributed by atoms with E-state index >= 15 is 0 Å². The summed E-state index contributed by atoms with van der Waals surface area (Å²) in [6.07, 6.45) is 1.14. The van der Waals surface area contributed by atoms with E-state index < -0.39 is 13.2 Å². The van der Waals surface area contributed by atoms with E-state index in [-0.39, 0.29) is 12.2 Å². The van der Waals surface area contributed by atoms with Crippen LogP contribution in [0.25, 0.3) is 0 Å². The first-order valence-corrected chi connectivity index (χ1v) is 14.0. The smallest absolute Gasteiger partial charge is 0.410 e. The largest absolute Gasteiger partial charge is 0.486 e. The number of rotatable bonds is 10. The highest BCUT2D eigenvalue weighted by atomic mass is 31.2. The SMILES string of the molecule is CCOP(=O)(OCC)c1ccc(COc2ccccc2OC2CCN(C(=O)OC(C)(C)C)CC2)cc1.